The van der Waals surface area contributed by atoms with Gasteiger partial charge in [0.2, 0.25) is 0 Å². The molecule has 104 valence electrons. The molecule has 0 heterocycles. The first-order chi connectivity index (χ1) is 8.06. The highest BCUT2D eigenvalue weighted by molar-refractivity contribution is 5.51. The molecule has 0 amide bonds. The van der Waals surface area contributed by atoms with Crippen molar-refractivity contribution in [2.45, 2.75) is 53.4 Å². The van der Waals surface area contributed by atoms with Crippen LogP contribution in [0.15, 0.2) is 24.3 Å². The first-order valence-corrected chi connectivity index (χ1v) is 6.21. The van der Waals surface area contributed by atoms with Crippen molar-refractivity contribution in [3.05, 3.63) is 35.4 Å². The van der Waals surface area contributed by atoms with E-state index < -0.39 is 0 Å². The van der Waals surface area contributed by atoms with Crippen LogP contribution in [-0.2, 0) is 4.79 Å². The van der Waals surface area contributed by atoms with Gasteiger partial charge in [0.1, 0.15) is 6.29 Å². The van der Waals surface area contributed by atoms with Gasteiger partial charge in [-0.3, -0.25) is 0 Å². The second-order valence-electron chi connectivity index (χ2n) is 4.44. The molecule has 2 nitrogen and oxygen atoms in total. The first kappa shape index (κ1) is 19.2. The van der Waals surface area contributed by atoms with Crippen molar-refractivity contribution in [3.63, 3.8) is 0 Å². The first-order valence-electron chi connectivity index (χ1n) is 6.21. The van der Waals surface area contributed by atoms with Gasteiger partial charge in [-0.15, -0.1) is 0 Å². The van der Waals surface area contributed by atoms with E-state index >= 15 is 0 Å². The second kappa shape index (κ2) is 11.0. The lowest BCUT2D eigenvalue weighted by Gasteiger charge is -2.11. The summed E-state index contributed by atoms with van der Waals surface area (Å²) in [5.41, 5.74) is 2.61. The summed E-state index contributed by atoms with van der Waals surface area (Å²) in [4.78, 5) is 10.4. The van der Waals surface area contributed by atoms with E-state index in [1.165, 1.54) is 11.1 Å². The van der Waals surface area contributed by atoms with Crippen LogP contribution < -0.4 is 0 Å². The summed E-state index contributed by atoms with van der Waals surface area (Å²) in [6.45, 7) is 8.39. The summed E-state index contributed by atoms with van der Waals surface area (Å²) in [7, 11) is 0. The highest BCUT2D eigenvalue weighted by Gasteiger charge is 2.06. The van der Waals surface area contributed by atoms with Gasteiger partial charge in [-0.1, -0.05) is 52.5 Å². The van der Waals surface area contributed by atoms with Crippen molar-refractivity contribution in [1.82, 2.24) is 0 Å². The number of aliphatic hydroxyl groups is 1. The molecular weight excluding hydrogens is 224 g/mol. The van der Waals surface area contributed by atoms with Crippen LogP contribution in [0.5, 0.6) is 0 Å². The maximum Gasteiger partial charge on any atom is 0.120 e. The van der Waals surface area contributed by atoms with Gasteiger partial charge in [0.25, 0.3) is 0 Å². The predicted molar refractivity (Wildman–Crippen MR) is 79.1 cm³/mol. The highest BCUT2D eigenvalue weighted by atomic mass is 16.2. The lowest BCUT2D eigenvalue weighted by atomic mass is 9.93. The monoisotopic (exact) mass is 252 g/mol. The van der Waals surface area contributed by atoms with E-state index in [9.17, 15) is 4.79 Å². The Balaban J connectivity index is 0. The minimum absolute atomic E-state index is 0. The highest BCUT2D eigenvalue weighted by Crippen LogP contribution is 2.22. The Bertz CT molecular complexity index is 319. The van der Waals surface area contributed by atoms with Crippen LogP contribution in [0.1, 0.15) is 64.5 Å². The molecule has 1 unspecified atom stereocenters. The lowest BCUT2D eigenvalue weighted by Crippen LogP contribution is -1.96. The zero-order valence-corrected chi connectivity index (χ0v) is 11.3. The Labute approximate surface area is 112 Å². The molecule has 0 bridgehead atoms. The van der Waals surface area contributed by atoms with Crippen molar-refractivity contribution in [2.75, 3.05) is 6.61 Å². The molecule has 0 aliphatic rings. The number of hydrogen-bond acceptors (Lipinski definition) is 2. The minimum atomic E-state index is 0. The third-order valence-electron chi connectivity index (χ3n) is 2.60. The number of aldehydes is 1. The molecule has 1 aromatic rings. The SMILES string of the molecule is C.CC(C)c1cccc(C(C)CC=O)c1.CCO. The average Bonchev–Trinajstić information content (AvgIpc) is 2.30. The topological polar surface area (TPSA) is 37.3 Å². The fraction of sp³-hybridized carbons (Fsp3) is 0.562. The largest absolute Gasteiger partial charge is 0.397 e. The Morgan fingerprint density at radius 3 is 2.17 bits per heavy atom. The van der Waals surface area contributed by atoms with Crippen molar-refractivity contribution in [2.24, 2.45) is 0 Å². The lowest BCUT2D eigenvalue weighted by molar-refractivity contribution is -0.108. The fourth-order valence-corrected chi connectivity index (χ4v) is 1.51. The molecule has 1 N–H and O–H groups in total. The van der Waals surface area contributed by atoms with E-state index in [1.54, 1.807) is 6.92 Å². The average molecular weight is 252 g/mol. The fourth-order valence-electron chi connectivity index (χ4n) is 1.51. The van der Waals surface area contributed by atoms with Gasteiger partial charge in [-0.2, -0.15) is 0 Å². The molecule has 0 spiro atoms. The zero-order chi connectivity index (χ0) is 13.3. The van der Waals surface area contributed by atoms with Gasteiger partial charge in [0.15, 0.2) is 0 Å². The molecule has 2 heteroatoms. The predicted octanol–water partition coefficient (Wildman–Crippen LogP) is 4.14. The molecule has 1 atom stereocenters. The van der Waals surface area contributed by atoms with E-state index in [0.717, 1.165) is 6.29 Å². The van der Waals surface area contributed by atoms with Crippen LogP contribution >= 0.6 is 0 Å². The molecule has 0 radical (unpaired) electrons. The number of carbonyl (C=O) groups is 1. The molecule has 1 rings (SSSR count). The van der Waals surface area contributed by atoms with Gasteiger partial charge in [-0.05, 0) is 29.9 Å². The minimum Gasteiger partial charge on any atom is -0.397 e. The molecule has 0 fully saturated rings. The number of aliphatic hydroxyl groups excluding tert-OH is 1. The molecule has 0 saturated heterocycles. The maximum absolute atomic E-state index is 10.4. The smallest absolute Gasteiger partial charge is 0.120 e. The van der Waals surface area contributed by atoms with E-state index in [2.05, 4.69) is 45.0 Å². The molecule has 0 aromatic heterocycles. The van der Waals surface area contributed by atoms with E-state index in [0.29, 0.717) is 18.3 Å². The summed E-state index contributed by atoms with van der Waals surface area (Å²) in [5.74, 6) is 0.893. The van der Waals surface area contributed by atoms with Crippen LogP contribution in [-0.4, -0.2) is 18.0 Å². The molecule has 0 saturated carbocycles. The zero-order valence-electron chi connectivity index (χ0n) is 11.3. The summed E-state index contributed by atoms with van der Waals surface area (Å²) < 4.78 is 0. The standard InChI is InChI=1S/C13H18O.C2H6O.CH4/c1-10(2)12-5-4-6-13(9-12)11(3)7-8-14;1-2-3;/h4-6,8-11H,7H2,1-3H3;3H,2H2,1H3;1H4. The van der Waals surface area contributed by atoms with Crippen molar-refractivity contribution in [1.29, 1.82) is 0 Å². The van der Waals surface area contributed by atoms with Gasteiger partial charge in [-0.25, -0.2) is 0 Å². The van der Waals surface area contributed by atoms with Gasteiger partial charge in [0.05, 0.1) is 0 Å². The second-order valence-corrected chi connectivity index (χ2v) is 4.44. The number of benzene rings is 1. The van der Waals surface area contributed by atoms with Gasteiger partial charge < -0.3 is 9.90 Å². The molecular formula is C16H28O2. The van der Waals surface area contributed by atoms with Gasteiger partial charge >= 0.3 is 0 Å². The maximum atomic E-state index is 10.4. The molecule has 0 aliphatic carbocycles. The van der Waals surface area contributed by atoms with E-state index in [1.807, 2.05) is 0 Å². The van der Waals surface area contributed by atoms with Crippen molar-refractivity contribution < 1.29 is 9.90 Å². The van der Waals surface area contributed by atoms with Crippen LogP contribution in [0, 0.1) is 0 Å². The normalized spacial score (nSPS) is 11.0. The Morgan fingerprint density at radius 1 is 1.22 bits per heavy atom. The van der Waals surface area contributed by atoms with Crippen LogP contribution in [0.25, 0.3) is 0 Å². The number of carbonyl (C=O) groups excluding carboxylic acids is 1. The van der Waals surface area contributed by atoms with E-state index in [-0.39, 0.29) is 14.0 Å². The quantitative estimate of drug-likeness (QED) is 0.818. The molecule has 0 aliphatic heterocycles. The summed E-state index contributed by atoms with van der Waals surface area (Å²) in [5, 5.41) is 7.57. The Kier molecular flexibility index (Phi) is 11.7. The molecule has 18 heavy (non-hydrogen) atoms. The van der Waals surface area contributed by atoms with Crippen LogP contribution in [0.2, 0.25) is 0 Å². The third kappa shape index (κ3) is 7.23. The van der Waals surface area contributed by atoms with E-state index in [4.69, 9.17) is 5.11 Å². The van der Waals surface area contributed by atoms with Gasteiger partial charge in [0, 0.05) is 13.0 Å². The molecule has 1 aromatic carbocycles. The number of hydrogen-bond donors (Lipinski definition) is 1. The third-order valence-corrected chi connectivity index (χ3v) is 2.60. The van der Waals surface area contributed by atoms with Crippen LogP contribution in [0.4, 0.5) is 0 Å². The Morgan fingerprint density at radius 2 is 1.72 bits per heavy atom. The number of rotatable bonds is 4. The van der Waals surface area contributed by atoms with Crippen LogP contribution in [0.3, 0.4) is 0 Å². The summed E-state index contributed by atoms with van der Waals surface area (Å²) >= 11 is 0. The summed E-state index contributed by atoms with van der Waals surface area (Å²) in [6.07, 6.45) is 1.61. The van der Waals surface area contributed by atoms with Crippen molar-refractivity contribution in [3.8, 4) is 0 Å². The van der Waals surface area contributed by atoms with Crippen molar-refractivity contribution >= 4 is 6.29 Å². The summed E-state index contributed by atoms with van der Waals surface area (Å²) in [6, 6.07) is 8.52. The Hall–Kier alpha value is -1.15.